The lowest BCUT2D eigenvalue weighted by Crippen LogP contribution is -2.30. The monoisotopic (exact) mass is 560 g/mol. The molecule has 0 amide bonds. The smallest absolute Gasteiger partial charge is 0.285 e. The van der Waals surface area contributed by atoms with E-state index in [1.165, 1.54) is 18.2 Å². The number of rotatable bonds is 3. The molecule has 35 heavy (non-hydrogen) atoms. The predicted molar refractivity (Wildman–Crippen MR) is 143 cm³/mol. The summed E-state index contributed by atoms with van der Waals surface area (Å²) in [6, 6.07) is 10.1. The Labute approximate surface area is 220 Å². The van der Waals surface area contributed by atoms with Gasteiger partial charge in [-0.05, 0) is 30.2 Å². The van der Waals surface area contributed by atoms with Crippen molar-refractivity contribution in [2.75, 3.05) is 27.7 Å². The van der Waals surface area contributed by atoms with Crippen LogP contribution in [0.15, 0.2) is 55.0 Å². The normalized spacial score (nSPS) is 16.7. The Bertz CT molecular complexity index is 1260. The Morgan fingerprint density at radius 1 is 1.00 bits per heavy atom. The molecule has 1 atom stereocenters. The SMILES string of the molecule is CC.CC(C)CN(C)C1=NS(=O)c2cccc(Cl)c21.CON(C)C1=NS(=O)(=O)c2cccc(Cl)c21. The van der Waals surface area contributed by atoms with E-state index >= 15 is 0 Å². The first-order valence-electron chi connectivity index (χ1n) is 10.9. The van der Waals surface area contributed by atoms with Crippen molar-refractivity contribution in [3.8, 4) is 0 Å². The van der Waals surface area contributed by atoms with Gasteiger partial charge >= 0.3 is 0 Å². The summed E-state index contributed by atoms with van der Waals surface area (Å²) in [7, 11) is -0.0265. The Kier molecular flexibility index (Phi) is 10.3. The summed E-state index contributed by atoms with van der Waals surface area (Å²) in [5, 5.41) is 2.21. The fourth-order valence-corrected chi connectivity index (χ4v) is 6.31. The van der Waals surface area contributed by atoms with Gasteiger partial charge in [0.25, 0.3) is 10.0 Å². The lowest BCUT2D eigenvalue weighted by molar-refractivity contribution is -0.0408. The standard InChI is InChI=1S/C12H15ClN2OS.C9H9ClN2O3S.C2H6/c1-8(2)7-15(3)12-11-9(13)5-4-6-10(11)17(16)14-12;1-12(15-2)9-8-6(10)4-3-5-7(8)16(13,14)11-9;1-2/h4-6,8H,7H2,1-3H3;3-5H,1-2H3;1-2H3. The van der Waals surface area contributed by atoms with E-state index in [1.54, 1.807) is 25.2 Å². The third kappa shape index (κ3) is 6.42. The van der Waals surface area contributed by atoms with Crippen molar-refractivity contribution < 1.29 is 17.5 Å². The van der Waals surface area contributed by atoms with Crippen LogP contribution in [0.4, 0.5) is 0 Å². The average Bonchev–Trinajstić information content (AvgIpc) is 3.30. The van der Waals surface area contributed by atoms with Crippen molar-refractivity contribution in [2.45, 2.75) is 37.5 Å². The van der Waals surface area contributed by atoms with Crippen molar-refractivity contribution in [2.24, 2.45) is 14.7 Å². The molecule has 192 valence electrons. The van der Waals surface area contributed by atoms with E-state index in [4.69, 9.17) is 28.0 Å². The van der Waals surface area contributed by atoms with Gasteiger partial charge in [0.15, 0.2) is 16.8 Å². The summed E-state index contributed by atoms with van der Waals surface area (Å²) in [6.45, 7) is 9.13. The molecule has 2 heterocycles. The fourth-order valence-electron chi connectivity index (χ4n) is 3.38. The molecule has 0 spiro atoms. The highest BCUT2D eigenvalue weighted by atomic mass is 35.5. The van der Waals surface area contributed by atoms with Gasteiger partial charge in [-0.2, -0.15) is 12.8 Å². The molecule has 1 unspecified atom stereocenters. The maximum absolute atomic E-state index is 11.9. The molecule has 0 aromatic heterocycles. The first-order chi connectivity index (χ1) is 16.5. The number of amidine groups is 2. The molecular formula is C23H30Cl2N4O4S2. The van der Waals surface area contributed by atoms with E-state index in [2.05, 4.69) is 22.6 Å². The number of sulfonamides is 1. The van der Waals surface area contributed by atoms with Gasteiger partial charge in [-0.25, -0.2) is 9.27 Å². The van der Waals surface area contributed by atoms with Crippen LogP contribution >= 0.6 is 23.2 Å². The van der Waals surface area contributed by atoms with Crippen LogP contribution in [-0.4, -0.2) is 62.0 Å². The van der Waals surface area contributed by atoms with Gasteiger partial charge in [-0.15, -0.1) is 4.40 Å². The van der Waals surface area contributed by atoms with E-state index < -0.39 is 21.0 Å². The molecule has 0 radical (unpaired) electrons. The number of halogens is 2. The van der Waals surface area contributed by atoms with Crippen LogP contribution in [0.3, 0.4) is 0 Å². The zero-order chi connectivity index (χ0) is 26.5. The summed E-state index contributed by atoms with van der Waals surface area (Å²) in [5.41, 5.74) is 1.20. The zero-order valence-electron chi connectivity index (χ0n) is 20.7. The Morgan fingerprint density at radius 3 is 2.14 bits per heavy atom. The summed E-state index contributed by atoms with van der Waals surface area (Å²) in [4.78, 5) is 7.75. The number of nitrogens with zero attached hydrogens (tertiary/aromatic N) is 4. The largest absolute Gasteiger partial charge is 0.358 e. The lowest BCUT2D eigenvalue weighted by atomic mass is 10.1. The maximum atomic E-state index is 11.9. The molecular weight excluding hydrogens is 531 g/mol. The molecule has 2 aromatic rings. The second-order valence-corrected chi connectivity index (χ2v) is 11.2. The molecule has 4 rings (SSSR count). The molecule has 2 aliphatic rings. The second-order valence-electron chi connectivity index (χ2n) is 7.73. The quantitative estimate of drug-likeness (QED) is 0.489. The molecule has 8 nitrogen and oxygen atoms in total. The van der Waals surface area contributed by atoms with Gasteiger partial charge < -0.3 is 4.90 Å². The lowest BCUT2D eigenvalue weighted by Gasteiger charge is -2.21. The van der Waals surface area contributed by atoms with E-state index in [0.717, 1.165) is 17.9 Å². The Morgan fingerprint density at radius 2 is 1.57 bits per heavy atom. The molecule has 0 bridgehead atoms. The third-order valence-electron chi connectivity index (χ3n) is 4.81. The van der Waals surface area contributed by atoms with Crippen LogP contribution in [0, 0.1) is 5.92 Å². The van der Waals surface area contributed by atoms with Crippen molar-refractivity contribution in [3.05, 3.63) is 57.6 Å². The van der Waals surface area contributed by atoms with Crippen molar-refractivity contribution >= 4 is 55.9 Å². The number of hydroxylamine groups is 2. The van der Waals surface area contributed by atoms with Gasteiger partial charge in [0.1, 0.15) is 10.7 Å². The van der Waals surface area contributed by atoms with Crippen LogP contribution in [0.5, 0.6) is 0 Å². The van der Waals surface area contributed by atoms with Crippen molar-refractivity contribution in [1.82, 2.24) is 9.96 Å². The molecule has 0 N–H and O–H groups in total. The van der Waals surface area contributed by atoms with E-state index in [9.17, 15) is 12.6 Å². The Hall–Kier alpha value is -1.98. The molecule has 12 heteroatoms. The predicted octanol–water partition coefficient (Wildman–Crippen LogP) is 5.02. The Balaban J connectivity index is 0.000000231. The molecule has 0 saturated carbocycles. The van der Waals surface area contributed by atoms with Crippen LogP contribution in [0.2, 0.25) is 10.0 Å². The molecule has 0 fully saturated rings. The highest BCUT2D eigenvalue weighted by Gasteiger charge is 2.33. The molecule has 0 aliphatic carbocycles. The van der Waals surface area contributed by atoms with E-state index in [1.807, 2.05) is 37.9 Å². The zero-order valence-corrected chi connectivity index (χ0v) is 23.9. The molecule has 2 aromatic carbocycles. The average molecular weight is 562 g/mol. The van der Waals surface area contributed by atoms with Gasteiger partial charge in [-0.1, -0.05) is 63.0 Å². The minimum Gasteiger partial charge on any atom is -0.358 e. The van der Waals surface area contributed by atoms with Crippen LogP contribution < -0.4 is 0 Å². The van der Waals surface area contributed by atoms with Crippen LogP contribution in [0.25, 0.3) is 0 Å². The van der Waals surface area contributed by atoms with E-state index in [0.29, 0.717) is 26.4 Å². The second kappa shape index (κ2) is 12.3. The number of hydrogen-bond donors (Lipinski definition) is 0. The van der Waals surface area contributed by atoms with Gasteiger partial charge in [-0.3, -0.25) is 4.84 Å². The highest BCUT2D eigenvalue weighted by Crippen LogP contribution is 2.33. The summed E-state index contributed by atoms with van der Waals surface area (Å²) < 4.78 is 43.1. The summed E-state index contributed by atoms with van der Waals surface area (Å²) in [5.74, 6) is 1.45. The van der Waals surface area contributed by atoms with Gasteiger partial charge in [0.2, 0.25) is 0 Å². The van der Waals surface area contributed by atoms with E-state index in [-0.39, 0.29) is 10.7 Å². The van der Waals surface area contributed by atoms with Gasteiger partial charge in [0.05, 0.1) is 33.2 Å². The van der Waals surface area contributed by atoms with Crippen molar-refractivity contribution in [1.29, 1.82) is 0 Å². The topological polar surface area (TPSA) is 91.6 Å². The number of benzene rings is 2. The van der Waals surface area contributed by atoms with Crippen LogP contribution in [-0.2, 0) is 25.8 Å². The number of hydrogen-bond acceptors (Lipinski definition) is 6. The van der Waals surface area contributed by atoms with Gasteiger partial charge in [0, 0.05) is 20.6 Å². The summed E-state index contributed by atoms with van der Waals surface area (Å²) >= 11 is 12.1. The van der Waals surface area contributed by atoms with Crippen LogP contribution in [0.1, 0.15) is 38.8 Å². The summed E-state index contributed by atoms with van der Waals surface area (Å²) in [6.07, 6.45) is 0. The minimum atomic E-state index is -3.65. The fraction of sp³-hybridized carbons (Fsp3) is 0.391. The third-order valence-corrected chi connectivity index (χ3v) is 7.81. The molecule has 2 aliphatic heterocycles. The van der Waals surface area contributed by atoms with Crippen molar-refractivity contribution in [3.63, 3.8) is 0 Å². The number of fused-ring (bicyclic) bond motifs is 2. The maximum Gasteiger partial charge on any atom is 0.285 e. The first kappa shape index (κ1) is 29.3. The minimum absolute atomic E-state index is 0.110. The first-order valence-corrected chi connectivity index (χ1v) is 14.2. The highest BCUT2D eigenvalue weighted by molar-refractivity contribution is 7.90. The molecule has 0 saturated heterocycles.